The van der Waals surface area contributed by atoms with Crippen LogP contribution in [0.3, 0.4) is 0 Å². The van der Waals surface area contributed by atoms with E-state index in [1.165, 1.54) is 18.2 Å². The van der Waals surface area contributed by atoms with Gasteiger partial charge in [0.25, 0.3) is 0 Å². The molecule has 0 unspecified atom stereocenters. The van der Waals surface area contributed by atoms with Crippen LogP contribution >= 0.6 is 0 Å². The van der Waals surface area contributed by atoms with Crippen molar-refractivity contribution in [2.45, 2.75) is 6.92 Å². The Bertz CT molecular complexity index is 899. The maximum atomic E-state index is 14.1. The zero-order chi connectivity index (χ0) is 16.6. The van der Waals surface area contributed by atoms with Gasteiger partial charge in [0.05, 0.1) is 12.2 Å². The Hall–Kier alpha value is -2.89. The highest BCUT2D eigenvalue weighted by Gasteiger charge is 2.25. The molecule has 0 bridgehead atoms. The predicted octanol–water partition coefficient (Wildman–Crippen LogP) is 4.26. The first-order chi connectivity index (χ1) is 11.0. The average Bonchev–Trinajstić information content (AvgIpc) is 2.88. The fourth-order valence-corrected chi connectivity index (χ4v) is 2.35. The van der Waals surface area contributed by atoms with Crippen LogP contribution in [0.4, 0.5) is 8.78 Å². The minimum atomic E-state index is -0.740. The molecular weight excluding hydrogens is 306 g/mol. The molecule has 0 fully saturated rings. The van der Waals surface area contributed by atoms with E-state index < -0.39 is 17.6 Å². The number of aromatic hydroxyl groups is 1. The Balaban J connectivity index is 2.33. The number of furan rings is 1. The fourth-order valence-electron chi connectivity index (χ4n) is 2.35. The highest BCUT2D eigenvalue weighted by Crippen LogP contribution is 2.37. The van der Waals surface area contributed by atoms with Crippen molar-refractivity contribution in [3.05, 3.63) is 53.6 Å². The van der Waals surface area contributed by atoms with Gasteiger partial charge >= 0.3 is 5.97 Å². The largest absolute Gasteiger partial charge is 0.508 e. The summed E-state index contributed by atoms with van der Waals surface area (Å²) in [4.78, 5) is 12.2. The first kappa shape index (κ1) is 15.0. The summed E-state index contributed by atoms with van der Waals surface area (Å²) >= 11 is 0. The number of halogens is 2. The lowest BCUT2D eigenvalue weighted by Gasteiger charge is -2.04. The molecule has 23 heavy (non-hydrogen) atoms. The van der Waals surface area contributed by atoms with E-state index in [9.17, 15) is 18.7 Å². The monoisotopic (exact) mass is 318 g/mol. The Labute approximate surface area is 129 Å². The summed E-state index contributed by atoms with van der Waals surface area (Å²) in [5.74, 6) is -2.37. The second kappa shape index (κ2) is 5.72. The van der Waals surface area contributed by atoms with Crippen LogP contribution in [-0.2, 0) is 4.74 Å². The summed E-state index contributed by atoms with van der Waals surface area (Å²) in [5, 5.41) is 9.88. The number of ether oxygens (including phenoxy) is 1. The molecule has 0 aliphatic carbocycles. The van der Waals surface area contributed by atoms with Gasteiger partial charge in [-0.3, -0.25) is 0 Å². The van der Waals surface area contributed by atoms with Gasteiger partial charge in [0.1, 0.15) is 28.5 Å². The van der Waals surface area contributed by atoms with Crippen molar-refractivity contribution in [1.29, 1.82) is 0 Å². The number of benzene rings is 2. The number of phenolic OH excluding ortho intramolecular Hbond substituents is 1. The van der Waals surface area contributed by atoms with Crippen LogP contribution in [0.2, 0.25) is 0 Å². The second-order valence-corrected chi connectivity index (χ2v) is 4.83. The molecule has 0 atom stereocenters. The van der Waals surface area contributed by atoms with E-state index in [2.05, 4.69) is 0 Å². The maximum absolute atomic E-state index is 14.1. The summed E-state index contributed by atoms with van der Waals surface area (Å²) in [5.41, 5.74) is 0.00973. The SMILES string of the molecule is CCOC(=O)c1c(-c2cc(F)ccc2F)oc2ccc(O)cc12. The van der Waals surface area contributed by atoms with Crippen LogP contribution in [-0.4, -0.2) is 17.7 Å². The lowest BCUT2D eigenvalue weighted by molar-refractivity contribution is 0.0528. The van der Waals surface area contributed by atoms with Crippen molar-refractivity contribution < 1.29 is 27.8 Å². The number of rotatable bonds is 3. The molecular formula is C17H12F2O4. The van der Waals surface area contributed by atoms with E-state index in [1.807, 2.05) is 0 Å². The van der Waals surface area contributed by atoms with E-state index >= 15 is 0 Å². The molecule has 0 aliphatic rings. The molecule has 0 spiro atoms. The highest BCUT2D eigenvalue weighted by molar-refractivity contribution is 6.09. The summed E-state index contributed by atoms with van der Waals surface area (Å²) in [6.45, 7) is 1.73. The normalized spacial score (nSPS) is 10.9. The molecule has 3 rings (SSSR count). The number of esters is 1. The summed E-state index contributed by atoms with van der Waals surface area (Å²) < 4.78 is 38.0. The quantitative estimate of drug-likeness (QED) is 0.733. The summed E-state index contributed by atoms with van der Waals surface area (Å²) in [7, 11) is 0. The molecule has 4 nitrogen and oxygen atoms in total. The van der Waals surface area contributed by atoms with Crippen LogP contribution in [0.1, 0.15) is 17.3 Å². The molecule has 2 aromatic carbocycles. The van der Waals surface area contributed by atoms with Crippen molar-refractivity contribution in [3.8, 4) is 17.1 Å². The van der Waals surface area contributed by atoms with E-state index in [4.69, 9.17) is 9.15 Å². The molecule has 6 heteroatoms. The molecule has 1 aromatic heterocycles. The Morgan fingerprint density at radius 3 is 2.74 bits per heavy atom. The average molecular weight is 318 g/mol. The maximum Gasteiger partial charge on any atom is 0.342 e. The zero-order valence-corrected chi connectivity index (χ0v) is 12.1. The number of hydrogen-bond donors (Lipinski definition) is 1. The summed E-state index contributed by atoms with van der Waals surface area (Å²) in [6.07, 6.45) is 0. The smallest absolute Gasteiger partial charge is 0.342 e. The van der Waals surface area contributed by atoms with Gasteiger partial charge in [-0.1, -0.05) is 0 Å². The zero-order valence-electron chi connectivity index (χ0n) is 12.1. The molecule has 0 radical (unpaired) electrons. The van der Waals surface area contributed by atoms with E-state index in [0.717, 1.165) is 18.2 Å². The Morgan fingerprint density at radius 2 is 2.00 bits per heavy atom. The Morgan fingerprint density at radius 1 is 1.22 bits per heavy atom. The molecule has 0 saturated carbocycles. The van der Waals surface area contributed by atoms with Crippen LogP contribution in [0.5, 0.6) is 5.75 Å². The number of hydrogen-bond acceptors (Lipinski definition) is 4. The minimum absolute atomic E-state index is 0.0535. The predicted molar refractivity (Wildman–Crippen MR) is 79.2 cm³/mol. The first-order valence-corrected chi connectivity index (χ1v) is 6.89. The number of carbonyl (C=O) groups excluding carboxylic acids is 1. The lowest BCUT2D eigenvalue weighted by Crippen LogP contribution is -2.05. The number of phenols is 1. The molecule has 3 aromatic rings. The van der Waals surface area contributed by atoms with Gasteiger partial charge < -0.3 is 14.3 Å². The molecule has 1 heterocycles. The van der Waals surface area contributed by atoms with Gasteiger partial charge in [0.15, 0.2) is 5.76 Å². The fraction of sp³-hybridized carbons (Fsp3) is 0.118. The van der Waals surface area contributed by atoms with E-state index in [0.29, 0.717) is 0 Å². The van der Waals surface area contributed by atoms with Gasteiger partial charge in [-0.15, -0.1) is 0 Å². The van der Waals surface area contributed by atoms with Crippen molar-refractivity contribution >= 4 is 16.9 Å². The summed E-state index contributed by atoms with van der Waals surface area (Å²) in [6, 6.07) is 6.98. The Kier molecular flexibility index (Phi) is 3.73. The lowest BCUT2D eigenvalue weighted by atomic mass is 10.0. The van der Waals surface area contributed by atoms with Crippen molar-refractivity contribution in [3.63, 3.8) is 0 Å². The van der Waals surface area contributed by atoms with Gasteiger partial charge in [0.2, 0.25) is 0 Å². The standard InChI is InChI=1S/C17H12F2O4/c1-2-22-17(21)15-12-8-10(20)4-6-14(12)23-16(15)11-7-9(18)3-5-13(11)19/h3-8,20H,2H2,1H3. The molecule has 118 valence electrons. The van der Waals surface area contributed by atoms with Crippen molar-refractivity contribution in [2.75, 3.05) is 6.61 Å². The second-order valence-electron chi connectivity index (χ2n) is 4.83. The van der Waals surface area contributed by atoms with Gasteiger partial charge in [-0.05, 0) is 43.3 Å². The van der Waals surface area contributed by atoms with E-state index in [-0.39, 0.29) is 40.2 Å². The van der Waals surface area contributed by atoms with Crippen molar-refractivity contribution in [1.82, 2.24) is 0 Å². The molecule has 0 aliphatic heterocycles. The number of carbonyl (C=O) groups is 1. The molecule has 0 amide bonds. The highest BCUT2D eigenvalue weighted by atomic mass is 19.1. The van der Waals surface area contributed by atoms with Crippen LogP contribution < -0.4 is 0 Å². The third-order valence-corrected chi connectivity index (χ3v) is 3.32. The molecule has 0 saturated heterocycles. The molecule has 1 N–H and O–H groups in total. The van der Waals surface area contributed by atoms with Gasteiger partial charge in [-0.25, -0.2) is 13.6 Å². The van der Waals surface area contributed by atoms with Crippen molar-refractivity contribution in [2.24, 2.45) is 0 Å². The van der Waals surface area contributed by atoms with Gasteiger partial charge in [0, 0.05) is 5.39 Å². The minimum Gasteiger partial charge on any atom is -0.508 e. The van der Waals surface area contributed by atoms with Crippen LogP contribution in [0.15, 0.2) is 40.8 Å². The third-order valence-electron chi connectivity index (χ3n) is 3.32. The van der Waals surface area contributed by atoms with E-state index in [1.54, 1.807) is 6.92 Å². The van der Waals surface area contributed by atoms with Crippen LogP contribution in [0, 0.1) is 11.6 Å². The van der Waals surface area contributed by atoms with Gasteiger partial charge in [-0.2, -0.15) is 0 Å². The number of fused-ring (bicyclic) bond motifs is 1. The first-order valence-electron chi connectivity index (χ1n) is 6.89. The third kappa shape index (κ3) is 2.63. The topological polar surface area (TPSA) is 59.7 Å². The van der Waals surface area contributed by atoms with Crippen LogP contribution in [0.25, 0.3) is 22.3 Å².